The van der Waals surface area contributed by atoms with Gasteiger partial charge in [0.25, 0.3) is 0 Å². The Morgan fingerprint density at radius 1 is 1.25 bits per heavy atom. The molecule has 6 heteroatoms. The number of rotatable bonds is 1. The average Bonchev–Trinajstić information content (AvgIpc) is 2.87. The molecule has 1 atom stereocenters. The molecule has 1 unspecified atom stereocenters. The summed E-state index contributed by atoms with van der Waals surface area (Å²) in [7, 11) is 0. The molecular formula is C18H20N4O2. The zero-order valence-corrected chi connectivity index (χ0v) is 13.9. The summed E-state index contributed by atoms with van der Waals surface area (Å²) >= 11 is 0. The van der Waals surface area contributed by atoms with Gasteiger partial charge in [0, 0.05) is 30.9 Å². The fourth-order valence-corrected chi connectivity index (χ4v) is 3.65. The summed E-state index contributed by atoms with van der Waals surface area (Å²) in [6.45, 7) is 5.98. The summed E-state index contributed by atoms with van der Waals surface area (Å²) in [5, 5.41) is 2.85. The molecule has 0 bridgehead atoms. The molecule has 2 aliphatic heterocycles. The Hall–Kier alpha value is -2.63. The lowest BCUT2D eigenvalue weighted by atomic mass is 9.89. The van der Waals surface area contributed by atoms with E-state index in [9.17, 15) is 9.59 Å². The van der Waals surface area contributed by atoms with Crippen molar-refractivity contribution in [3.63, 3.8) is 0 Å². The van der Waals surface area contributed by atoms with E-state index in [1.165, 1.54) is 5.69 Å². The van der Waals surface area contributed by atoms with Crippen LogP contribution in [-0.2, 0) is 22.7 Å². The zero-order valence-electron chi connectivity index (χ0n) is 13.9. The molecule has 1 N–H and O–H groups in total. The Bertz CT molecular complexity index is 840. The number of para-hydroxylation sites is 1. The molecule has 2 aliphatic rings. The van der Waals surface area contributed by atoms with Gasteiger partial charge in [0.05, 0.1) is 18.2 Å². The van der Waals surface area contributed by atoms with Gasteiger partial charge in [-0.3, -0.25) is 9.59 Å². The summed E-state index contributed by atoms with van der Waals surface area (Å²) in [5.41, 5.74) is 3.84. The molecule has 4 rings (SSSR count). The van der Waals surface area contributed by atoms with Crippen LogP contribution in [0.25, 0.3) is 0 Å². The molecule has 6 nitrogen and oxygen atoms in total. The van der Waals surface area contributed by atoms with Crippen LogP contribution in [0.4, 0.5) is 5.69 Å². The van der Waals surface area contributed by atoms with Crippen LogP contribution in [-0.4, -0.2) is 32.8 Å². The first-order valence-electron chi connectivity index (χ1n) is 8.25. The molecule has 3 heterocycles. The quantitative estimate of drug-likeness (QED) is 0.872. The van der Waals surface area contributed by atoms with Crippen molar-refractivity contribution in [1.29, 1.82) is 0 Å². The van der Waals surface area contributed by atoms with E-state index in [-0.39, 0.29) is 18.2 Å². The average molecular weight is 324 g/mol. The molecule has 0 fully saturated rings. The van der Waals surface area contributed by atoms with Crippen molar-refractivity contribution in [2.24, 2.45) is 0 Å². The van der Waals surface area contributed by atoms with Gasteiger partial charge in [0.1, 0.15) is 5.82 Å². The summed E-state index contributed by atoms with van der Waals surface area (Å²) in [6, 6.07) is 7.56. The Morgan fingerprint density at radius 3 is 2.88 bits per heavy atom. The lowest BCUT2D eigenvalue weighted by molar-refractivity contribution is -0.136. The number of imidazole rings is 1. The van der Waals surface area contributed by atoms with Crippen molar-refractivity contribution in [3.8, 4) is 0 Å². The minimum absolute atomic E-state index is 0.0156. The lowest BCUT2D eigenvalue weighted by Gasteiger charge is -2.33. The number of hydrogen-bond acceptors (Lipinski definition) is 3. The second-order valence-corrected chi connectivity index (χ2v) is 6.50. The van der Waals surface area contributed by atoms with Crippen molar-refractivity contribution >= 4 is 17.5 Å². The molecule has 0 saturated carbocycles. The third-order valence-electron chi connectivity index (χ3n) is 5.07. The molecule has 0 radical (unpaired) electrons. The first-order chi connectivity index (χ1) is 11.5. The number of benzene rings is 1. The SMILES string of the molecule is Cc1nc2n(c1C)CCN(C(=O)C1CC(=O)Nc3ccccc31)C2. The number of nitrogens with one attached hydrogen (secondary N) is 1. The molecule has 2 aromatic rings. The number of carbonyl (C=O) groups is 2. The molecule has 24 heavy (non-hydrogen) atoms. The van der Waals surface area contributed by atoms with Crippen LogP contribution in [0, 0.1) is 13.8 Å². The molecular weight excluding hydrogens is 304 g/mol. The minimum atomic E-state index is -0.404. The number of aryl methyl sites for hydroxylation is 1. The smallest absolute Gasteiger partial charge is 0.231 e. The Kier molecular flexibility index (Phi) is 3.40. The predicted molar refractivity (Wildman–Crippen MR) is 89.5 cm³/mol. The largest absolute Gasteiger partial charge is 0.333 e. The van der Waals surface area contributed by atoms with Gasteiger partial charge < -0.3 is 14.8 Å². The summed E-state index contributed by atoms with van der Waals surface area (Å²) in [6.07, 6.45) is 0.207. The zero-order chi connectivity index (χ0) is 16.8. The van der Waals surface area contributed by atoms with E-state index in [0.29, 0.717) is 13.1 Å². The van der Waals surface area contributed by atoms with Crippen LogP contribution < -0.4 is 5.32 Å². The number of amides is 2. The number of aromatic nitrogens is 2. The lowest BCUT2D eigenvalue weighted by Crippen LogP contribution is -2.43. The maximum absolute atomic E-state index is 13.1. The first-order valence-corrected chi connectivity index (χ1v) is 8.25. The van der Waals surface area contributed by atoms with Gasteiger partial charge in [-0.25, -0.2) is 4.98 Å². The van der Waals surface area contributed by atoms with Crippen LogP contribution in [0.1, 0.15) is 35.1 Å². The molecule has 2 amide bonds. The molecule has 0 spiro atoms. The van der Waals surface area contributed by atoms with Gasteiger partial charge in [-0.15, -0.1) is 0 Å². The van der Waals surface area contributed by atoms with E-state index in [0.717, 1.165) is 29.3 Å². The van der Waals surface area contributed by atoms with Crippen molar-refractivity contribution in [2.75, 3.05) is 11.9 Å². The third-order valence-corrected chi connectivity index (χ3v) is 5.07. The topological polar surface area (TPSA) is 67.2 Å². The van der Waals surface area contributed by atoms with Crippen molar-refractivity contribution in [2.45, 2.75) is 39.3 Å². The summed E-state index contributed by atoms with van der Waals surface area (Å²) in [4.78, 5) is 31.5. The number of hydrogen-bond donors (Lipinski definition) is 1. The highest BCUT2D eigenvalue weighted by Gasteiger charge is 2.35. The highest BCUT2D eigenvalue weighted by molar-refractivity contribution is 6.01. The Balaban J connectivity index is 1.62. The van der Waals surface area contributed by atoms with Crippen molar-refractivity contribution in [3.05, 3.63) is 47.0 Å². The van der Waals surface area contributed by atoms with E-state index in [4.69, 9.17) is 0 Å². The molecule has 1 aromatic carbocycles. The maximum Gasteiger partial charge on any atom is 0.231 e. The van der Waals surface area contributed by atoms with E-state index in [2.05, 4.69) is 21.8 Å². The van der Waals surface area contributed by atoms with E-state index < -0.39 is 5.92 Å². The second-order valence-electron chi connectivity index (χ2n) is 6.50. The molecule has 0 saturated heterocycles. The van der Waals surface area contributed by atoms with Gasteiger partial charge in [-0.2, -0.15) is 0 Å². The molecule has 0 aliphatic carbocycles. The van der Waals surface area contributed by atoms with Gasteiger partial charge in [-0.05, 0) is 25.5 Å². The number of carbonyl (C=O) groups excluding carboxylic acids is 2. The summed E-state index contributed by atoms with van der Waals surface area (Å²) in [5.74, 6) is 0.441. The van der Waals surface area contributed by atoms with E-state index >= 15 is 0 Å². The van der Waals surface area contributed by atoms with Gasteiger partial charge in [0.2, 0.25) is 11.8 Å². The van der Waals surface area contributed by atoms with Crippen LogP contribution in [0.3, 0.4) is 0 Å². The van der Waals surface area contributed by atoms with Gasteiger partial charge in [0.15, 0.2) is 0 Å². The van der Waals surface area contributed by atoms with Crippen LogP contribution in [0.2, 0.25) is 0 Å². The predicted octanol–water partition coefficient (Wildman–Crippen LogP) is 1.97. The number of nitrogens with zero attached hydrogens (tertiary/aromatic N) is 3. The standard InChI is InChI=1S/C18H20N4O2/c1-11-12(2)22-8-7-21(10-16(22)19-11)18(24)14-9-17(23)20-15-6-4-3-5-13(14)15/h3-6,14H,7-10H2,1-2H3,(H,20,23). The van der Waals surface area contributed by atoms with Crippen LogP contribution >= 0.6 is 0 Å². The third kappa shape index (κ3) is 2.29. The van der Waals surface area contributed by atoms with E-state index in [1.807, 2.05) is 36.1 Å². The van der Waals surface area contributed by atoms with Gasteiger partial charge in [-0.1, -0.05) is 18.2 Å². The number of anilines is 1. The normalized spacial score (nSPS) is 19.5. The van der Waals surface area contributed by atoms with Crippen LogP contribution in [0.15, 0.2) is 24.3 Å². The van der Waals surface area contributed by atoms with Gasteiger partial charge >= 0.3 is 0 Å². The van der Waals surface area contributed by atoms with Crippen molar-refractivity contribution < 1.29 is 9.59 Å². The Morgan fingerprint density at radius 2 is 2.04 bits per heavy atom. The van der Waals surface area contributed by atoms with Crippen LogP contribution in [0.5, 0.6) is 0 Å². The fourth-order valence-electron chi connectivity index (χ4n) is 3.65. The fraction of sp³-hybridized carbons (Fsp3) is 0.389. The van der Waals surface area contributed by atoms with E-state index in [1.54, 1.807) is 0 Å². The summed E-state index contributed by atoms with van der Waals surface area (Å²) < 4.78 is 2.18. The monoisotopic (exact) mass is 324 g/mol. The second kappa shape index (κ2) is 5.47. The highest BCUT2D eigenvalue weighted by Crippen LogP contribution is 2.34. The maximum atomic E-state index is 13.1. The Labute approximate surface area is 140 Å². The minimum Gasteiger partial charge on any atom is -0.333 e. The van der Waals surface area contributed by atoms with Crippen molar-refractivity contribution in [1.82, 2.24) is 14.5 Å². The molecule has 1 aromatic heterocycles. The number of fused-ring (bicyclic) bond motifs is 2. The highest BCUT2D eigenvalue weighted by atomic mass is 16.2. The first kappa shape index (κ1) is 14.9. The molecule has 124 valence electrons.